The zero-order valence-electron chi connectivity index (χ0n) is 20.4. The minimum Gasteiger partial charge on any atom is -0.493 e. The van der Waals surface area contributed by atoms with Gasteiger partial charge in [-0.05, 0) is 54.8 Å². The molecule has 5 rings (SSSR count). The predicted octanol–water partition coefficient (Wildman–Crippen LogP) is 3.98. The number of benzene rings is 3. The molecule has 1 amide bonds. The number of hydrogen-bond donors (Lipinski definition) is 1. The van der Waals surface area contributed by atoms with E-state index in [1.807, 2.05) is 56.3 Å². The summed E-state index contributed by atoms with van der Waals surface area (Å²) in [7, 11) is 3.05. The van der Waals surface area contributed by atoms with Gasteiger partial charge in [0.05, 0.1) is 31.8 Å². The Morgan fingerprint density at radius 2 is 1.72 bits per heavy atom. The van der Waals surface area contributed by atoms with Crippen molar-refractivity contribution in [2.24, 2.45) is 0 Å². The monoisotopic (exact) mass is 483 g/mol. The number of aryl methyl sites for hydroxylation is 2. The van der Waals surface area contributed by atoms with E-state index in [1.54, 1.807) is 22.8 Å². The van der Waals surface area contributed by atoms with Gasteiger partial charge in [0.1, 0.15) is 0 Å². The molecule has 9 nitrogen and oxygen atoms in total. The lowest BCUT2D eigenvalue weighted by Crippen LogP contribution is -2.24. The van der Waals surface area contributed by atoms with Crippen molar-refractivity contribution < 1.29 is 14.3 Å². The van der Waals surface area contributed by atoms with Gasteiger partial charge in [0, 0.05) is 11.8 Å². The summed E-state index contributed by atoms with van der Waals surface area (Å²) in [5.74, 6) is 0.351. The molecule has 0 fully saturated rings. The van der Waals surface area contributed by atoms with Gasteiger partial charge in [-0.1, -0.05) is 30.3 Å². The van der Waals surface area contributed by atoms with Gasteiger partial charge in [-0.2, -0.15) is 4.98 Å². The van der Waals surface area contributed by atoms with E-state index < -0.39 is 5.91 Å². The molecule has 0 radical (unpaired) electrons. The van der Waals surface area contributed by atoms with E-state index in [0.717, 1.165) is 16.7 Å². The molecule has 36 heavy (non-hydrogen) atoms. The number of methoxy groups -OCH3 is 2. The van der Waals surface area contributed by atoms with E-state index in [2.05, 4.69) is 15.4 Å². The first-order chi connectivity index (χ1) is 17.4. The smallest absolute Gasteiger partial charge is 0.296 e. The van der Waals surface area contributed by atoms with Crippen LogP contribution in [0, 0.1) is 13.8 Å². The largest absolute Gasteiger partial charge is 0.493 e. The van der Waals surface area contributed by atoms with Gasteiger partial charge >= 0.3 is 0 Å². The Hall–Kier alpha value is -4.66. The van der Waals surface area contributed by atoms with Gasteiger partial charge in [0.2, 0.25) is 11.5 Å². The molecule has 3 aromatic carbocycles. The highest BCUT2D eigenvalue weighted by Crippen LogP contribution is 2.30. The Morgan fingerprint density at radius 3 is 2.47 bits per heavy atom. The Balaban J connectivity index is 1.60. The second-order valence-corrected chi connectivity index (χ2v) is 8.50. The van der Waals surface area contributed by atoms with Gasteiger partial charge in [-0.15, -0.1) is 5.10 Å². The van der Waals surface area contributed by atoms with E-state index in [0.29, 0.717) is 34.8 Å². The molecule has 0 aliphatic carbocycles. The predicted molar refractivity (Wildman–Crippen MR) is 137 cm³/mol. The summed E-state index contributed by atoms with van der Waals surface area (Å²) in [6.07, 6.45) is 0. The summed E-state index contributed by atoms with van der Waals surface area (Å²) in [6.45, 7) is 4.36. The van der Waals surface area contributed by atoms with E-state index in [9.17, 15) is 9.59 Å². The van der Waals surface area contributed by atoms with Crippen molar-refractivity contribution >= 4 is 28.3 Å². The maximum atomic E-state index is 13.6. The zero-order valence-corrected chi connectivity index (χ0v) is 20.4. The van der Waals surface area contributed by atoms with Crippen LogP contribution in [0.25, 0.3) is 16.7 Å². The molecular weight excluding hydrogens is 458 g/mol. The molecule has 0 unspecified atom stereocenters. The van der Waals surface area contributed by atoms with E-state index in [1.165, 1.54) is 18.7 Å². The molecule has 0 saturated carbocycles. The van der Waals surface area contributed by atoms with E-state index in [4.69, 9.17) is 9.47 Å². The minimum absolute atomic E-state index is 0.0809. The summed E-state index contributed by atoms with van der Waals surface area (Å²) < 4.78 is 13.7. The van der Waals surface area contributed by atoms with Crippen molar-refractivity contribution in [3.63, 3.8) is 0 Å². The fraction of sp³-hybridized carbons (Fsp3) is 0.185. The molecule has 0 saturated heterocycles. The highest BCUT2D eigenvalue weighted by molar-refractivity contribution is 6.02. The zero-order chi connectivity index (χ0) is 25.4. The van der Waals surface area contributed by atoms with Gasteiger partial charge in [0.25, 0.3) is 11.5 Å². The quantitative estimate of drug-likeness (QED) is 0.392. The van der Waals surface area contributed by atoms with Crippen LogP contribution in [-0.2, 0) is 6.54 Å². The lowest BCUT2D eigenvalue weighted by molar-refractivity contribution is 0.101. The highest BCUT2D eigenvalue weighted by atomic mass is 16.5. The number of hydrogen-bond acceptors (Lipinski definition) is 6. The number of aromatic nitrogens is 4. The molecule has 0 aliphatic rings. The number of carbonyl (C=O) groups is 1. The van der Waals surface area contributed by atoms with Gasteiger partial charge in [-0.3, -0.25) is 14.2 Å². The SMILES string of the molecule is COc1ccc(NC(=O)c2nc3c(=O)n(Cc4ccccc4C)c4cc(C)ccc4n3n2)cc1OC. The maximum absolute atomic E-state index is 13.6. The van der Waals surface area contributed by atoms with Crippen LogP contribution >= 0.6 is 0 Å². The van der Waals surface area contributed by atoms with Gasteiger partial charge in [-0.25, -0.2) is 4.52 Å². The third-order valence-corrected chi connectivity index (χ3v) is 6.13. The van der Waals surface area contributed by atoms with Crippen molar-refractivity contribution in [2.75, 3.05) is 19.5 Å². The molecule has 182 valence electrons. The summed E-state index contributed by atoms with van der Waals surface area (Å²) in [5.41, 5.74) is 4.75. The summed E-state index contributed by atoms with van der Waals surface area (Å²) >= 11 is 0. The molecule has 9 heteroatoms. The van der Waals surface area contributed by atoms with Crippen LogP contribution in [0.4, 0.5) is 5.69 Å². The molecule has 2 heterocycles. The molecular formula is C27H25N5O4. The molecule has 5 aromatic rings. The Bertz CT molecular complexity index is 1690. The van der Waals surface area contributed by atoms with Crippen LogP contribution in [0.1, 0.15) is 27.3 Å². The van der Waals surface area contributed by atoms with Crippen molar-refractivity contribution in [2.45, 2.75) is 20.4 Å². The Labute approximate surface area is 206 Å². The second-order valence-electron chi connectivity index (χ2n) is 8.50. The number of nitrogens with one attached hydrogen (secondary N) is 1. The number of anilines is 1. The van der Waals surface area contributed by atoms with Crippen LogP contribution in [0.3, 0.4) is 0 Å². The fourth-order valence-electron chi connectivity index (χ4n) is 4.19. The van der Waals surface area contributed by atoms with Crippen molar-refractivity contribution in [1.29, 1.82) is 0 Å². The van der Waals surface area contributed by atoms with Crippen LogP contribution in [0.5, 0.6) is 11.5 Å². The first-order valence-corrected chi connectivity index (χ1v) is 11.4. The molecule has 0 atom stereocenters. The van der Waals surface area contributed by atoms with E-state index >= 15 is 0 Å². The van der Waals surface area contributed by atoms with Crippen molar-refractivity contribution in [3.05, 3.63) is 93.5 Å². The first-order valence-electron chi connectivity index (χ1n) is 11.4. The van der Waals surface area contributed by atoms with Crippen LogP contribution in [-0.4, -0.2) is 39.3 Å². The topological polar surface area (TPSA) is 99.8 Å². The minimum atomic E-state index is -0.545. The number of ether oxygens (including phenoxy) is 2. The number of rotatable bonds is 6. The average molecular weight is 484 g/mol. The molecule has 0 bridgehead atoms. The number of amides is 1. The average Bonchev–Trinajstić information content (AvgIpc) is 3.33. The van der Waals surface area contributed by atoms with Crippen molar-refractivity contribution in [3.8, 4) is 11.5 Å². The second kappa shape index (κ2) is 9.18. The number of fused-ring (bicyclic) bond motifs is 3. The molecule has 0 aliphatic heterocycles. The van der Waals surface area contributed by atoms with Gasteiger partial charge < -0.3 is 14.8 Å². The highest BCUT2D eigenvalue weighted by Gasteiger charge is 2.20. The third-order valence-electron chi connectivity index (χ3n) is 6.13. The number of carbonyl (C=O) groups excluding carboxylic acids is 1. The molecule has 1 N–H and O–H groups in total. The normalized spacial score (nSPS) is 11.1. The number of nitrogens with zero attached hydrogens (tertiary/aromatic N) is 4. The van der Waals surface area contributed by atoms with Crippen LogP contribution in [0.15, 0.2) is 65.5 Å². The Morgan fingerprint density at radius 1 is 0.944 bits per heavy atom. The standard InChI is InChI=1S/C27H25N5O4/c1-16-9-11-20-21(13-16)31(15-18-8-6-5-7-17(18)2)27(34)25-29-24(30-32(20)25)26(33)28-19-10-12-22(35-3)23(14-19)36-4/h5-14H,15H2,1-4H3,(H,28,33). The molecule has 0 spiro atoms. The van der Waals surface area contributed by atoms with Crippen LogP contribution < -0.4 is 20.3 Å². The fourth-order valence-corrected chi connectivity index (χ4v) is 4.19. The summed E-state index contributed by atoms with van der Waals surface area (Å²) in [6, 6.07) is 18.7. The lowest BCUT2D eigenvalue weighted by atomic mass is 10.1. The van der Waals surface area contributed by atoms with E-state index in [-0.39, 0.29) is 17.0 Å². The maximum Gasteiger partial charge on any atom is 0.296 e. The summed E-state index contributed by atoms with van der Waals surface area (Å²) in [5, 5.41) is 7.16. The van der Waals surface area contributed by atoms with Crippen molar-refractivity contribution in [1.82, 2.24) is 19.2 Å². The van der Waals surface area contributed by atoms with Gasteiger partial charge in [0.15, 0.2) is 11.5 Å². The summed E-state index contributed by atoms with van der Waals surface area (Å²) in [4.78, 5) is 31.0. The third kappa shape index (κ3) is 4.04. The molecule has 2 aromatic heterocycles. The Kier molecular flexibility index (Phi) is 5.89. The first kappa shape index (κ1) is 23.1. The van der Waals surface area contributed by atoms with Crippen LogP contribution in [0.2, 0.25) is 0 Å². The lowest BCUT2D eigenvalue weighted by Gasteiger charge is -2.13.